The number of carbonyl (C=O) groups is 1. The predicted molar refractivity (Wildman–Crippen MR) is 115 cm³/mol. The number of halogens is 2. The first-order valence-corrected chi connectivity index (χ1v) is 12.0. The molecule has 1 aliphatic rings. The molecule has 2 aromatic rings. The molecule has 168 valence electrons. The maximum atomic E-state index is 13.4. The average Bonchev–Trinajstić information content (AvgIpc) is 3.04. The number of rotatable bonds is 7. The number of aryl methyl sites for hydroxylation is 1. The molecule has 0 saturated carbocycles. The van der Waals surface area contributed by atoms with Crippen LogP contribution < -0.4 is 5.32 Å². The van der Waals surface area contributed by atoms with E-state index in [0.29, 0.717) is 25.1 Å². The van der Waals surface area contributed by atoms with Gasteiger partial charge in [0.15, 0.2) is 11.6 Å². The molecule has 0 aromatic heterocycles. The number of nitrogens with zero attached hydrogens (tertiary/aromatic N) is 1. The molecule has 0 radical (unpaired) electrons. The summed E-state index contributed by atoms with van der Waals surface area (Å²) in [4.78, 5) is 12.5. The highest BCUT2D eigenvalue weighted by Crippen LogP contribution is 2.21. The van der Waals surface area contributed by atoms with E-state index in [1.807, 2.05) is 0 Å². The van der Waals surface area contributed by atoms with E-state index in [1.54, 1.807) is 35.5 Å². The maximum absolute atomic E-state index is 13.4. The molecular weight excluding hydrogens is 422 g/mol. The first kappa shape index (κ1) is 23.3. The number of nitrogens with one attached hydrogen (secondary N) is 1. The fourth-order valence-electron chi connectivity index (χ4n) is 3.70. The zero-order chi connectivity index (χ0) is 22.4. The molecule has 1 aliphatic heterocycles. The number of amides is 1. The molecule has 5 nitrogen and oxygen atoms in total. The fourth-order valence-corrected chi connectivity index (χ4v) is 5.21. The van der Waals surface area contributed by atoms with Crippen LogP contribution in [0.2, 0.25) is 0 Å². The summed E-state index contributed by atoms with van der Waals surface area (Å²) in [6.45, 7) is 2.81. The van der Waals surface area contributed by atoms with Gasteiger partial charge >= 0.3 is 0 Å². The number of benzene rings is 2. The van der Waals surface area contributed by atoms with Gasteiger partial charge in [0.2, 0.25) is 15.9 Å². The fraction of sp³-hybridized carbons (Fsp3) is 0.435. The minimum absolute atomic E-state index is 0.201. The number of carbonyl (C=O) groups excluding carboxylic acids is 1. The van der Waals surface area contributed by atoms with Gasteiger partial charge in [-0.15, -0.1) is 0 Å². The first-order valence-electron chi connectivity index (χ1n) is 10.6. The van der Waals surface area contributed by atoms with Gasteiger partial charge in [-0.2, -0.15) is 4.31 Å². The highest BCUT2D eigenvalue weighted by Gasteiger charge is 2.25. The minimum Gasteiger partial charge on any atom is -0.350 e. The lowest BCUT2D eigenvalue weighted by Crippen LogP contribution is -2.31. The van der Waals surface area contributed by atoms with Gasteiger partial charge in [-0.1, -0.05) is 31.0 Å². The summed E-state index contributed by atoms with van der Waals surface area (Å²) in [6, 6.07) is 9.75. The second kappa shape index (κ2) is 10.3. The molecule has 1 unspecified atom stereocenters. The molecule has 8 heteroatoms. The van der Waals surface area contributed by atoms with E-state index in [0.717, 1.165) is 43.4 Å². The van der Waals surface area contributed by atoms with Crippen molar-refractivity contribution in [1.82, 2.24) is 9.62 Å². The number of sulfonamides is 1. The topological polar surface area (TPSA) is 66.5 Å². The Morgan fingerprint density at radius 3 is 2.26 bits per heavy atom. The Kier molecular flexibility index (Phi) is 7.78. The van der Waals surface area contributed by atoms with E-state index in [-0.39, 0.29) is 17.2 Å². The van der Waals surface area contributed by atoms with Crippen molar-refractivity contribution in [2.75, 3.05) is 13.1 Å². The minimum atomic E-state index is -3.49. The van der Waals surface area contributed by atoms with Crippen LogP contribution in [0.4, 0.5) is 8.78 Å². The van der Waals surface area contributed by atoms with Gasteiger partial charge < -0.3 is 5.32 Å². The van der Waals surface area contributed by atoms with Crippen LogP contribution in [0.3, 0.4) is 0 Å². The van der Waals surface area contributed by atoms with Crippen LogP contribution in [0.1, 0.15) is 56.2 Å². The van der Waals surface area contributed by atoms with Crippen LogP contribution in [0.25, 0.3) is 0 Å². The van der Waals surface area contributed by atoms with Gasteiger partial charge in [-0.3, -0.25) is 4.79 Å². The van der Waals surface area contributed by atoms with Crippen LogP contribution in [-0.4, -0.2) is 31.7 Å². The molecule has 0 spiro atoms. The van der Waals surface area contributed by atoms with E-state index in [1.165, 1.54) is 6.07 Å². The molecule has 2 aromatic carbocycles. The van der Waals surface area contributed by atoms with Crippen molar-refractivity contribution in [3.63, 3.8) is 0 Å². The molecule has 1 amide bonds. The number of hydrogen-bond acceptors (Lipinski definition) is 3. The van der Waals surface area contributed by atoms with Gasteiger partial charge in [-0.05, 0) is 61.6 Å². The maximum Gasteiger partial charge on any atom is 0.243 e. The molecule has 0 aliphatic carbocycles. The Morgan fingerprint density at radius 2 is 1.65 bits per heavy atom. The van der Waals surface area contributed by atoms with Gasteiger partial charge in [-0.25, -0.2) is 17.2 Å². The lowest BCUT2D eigenvalue weighted by Gasteiger charge is -2.20. The van der Waals surface area contributed by atoms with Gasteiger partial charge in [0.25, 0.3) is 0 Å². The monoisotopic (exact) mass is 450 g/mol. The third-order valence-electron chi connectivity index (χ3n) is 5.59. The smallest absolute Gasteiger partial charge is 0.243 e. The molecule has 1 N–H and O–H groups in total. The predicted octanol–water partition coefficient (Wildman–Crippen LogP) is 4.34. The molecule has 1 atom stereocenters. The van der Waals surface area contributed by atoms with E-state index < -0.39 is 27.7 Å². The zero-order valence-electron chi connectivity index (χ0n) is 17.6. The van der Waals surface area contributed by atoms with E-state index in [4.69, 9.17) is 0 Å². The van der Waals surface area contributed by atoms with Crippen molar-refractivity contribution in [2.24, 2.45) is 0 Å². The summed E-state index contributed by atoms with van der Waals surface area (Å²) < 4.78 is 53.6. The summed E-state index contributed by atoms with van der Waals surface area (Å²) in [7, 11) is -3.49. The Labute approximate surface area is 182 Å². The average molecular weight is 451 g/mol. The van der Waals surface area contributed by atoms with Crippen LogP contribution in [-0.2, 0) is 21.2 Å². The molecular formula is C23H28F2N2O3S. The third kappa shape index (κ3) is 6.11. The summed E-state index contributed by atoms with van der Waals surface area (Å²) in [5, 5.41) is 2.77. The Morgan fingerprint density at radius 1 is 1.00 bits per heavy atom. The lowest BCUT2D eigenvalue weighted by atomic mass is 10.1. The van der Waals surface area contributed by atoms with Crippen molar-refractivity contribution in [3.05, 3.63) is 65.2 Å². The van der Waals surface area contributed by atoms with E-state index in [9.17, 15) is 22.0 Å². The zero-order valence-corrected chi connectivity index (χ0v) is 18.4. The van der Waals surface area contributed by atoms with Gasteiger partial charge in [0.1, 0.15) is 0 Å². The van der Waals surface area contributed by atoms with E-state index >= 15 is 0 Å². The van der Waals surface area contributed by atoms with Crippen molar-refractivity contribution >= 4 is 15.9 Å². The molecule has 1 saturated heterocycles. The van der Waals surface area contributed by atoms with Crippen molar-refractivity contribution in [1.29, 1.82) is 0 Å². The Bertz CT molecular complexity index is 1000. The Hall–Kier alpha value is -2.32. The lowest BCUT2D eigenvalue weighted by molar-refractivity contribution is -0.121. The van der Waals surface area contributed by atoms with Gasteiger partial charge in [0, 0.05) is 19.5 Å². The molecule has 0 bridgehead atoms. The largest absolute Gasteiger partial charge is 0.350 e. The van der Waals surface area contributed by atoms with Crippen molar-refractivity contribution < 1.29 is 22.0 Å². The van der Waals surface area contributed by atoms with Crippen LogP contribution in [0, 0.1) is 11.6 Å². The molecule has 1 fully saturated rings. The molecule has 31 heavy (non-hydrogen) atoms. The Balaban J connectivity index is 1.54. The second-order valence-electron chi connectivity index (χ2n) is 7.92. The molecule has 3 rings (SSSR count). The summed E-state index contributed by atoms with van der Waals surface area (Å²) >= 11 is 0. The summed E-state index contributed by atoms with van der Waals surface area (Å²) in [6.07, 6.45) is 4.53. The normalized spacial score (nSPS) is 16.5. The number of hydrogen-bond donors (Lipinski definition) is 1. The highest BCUT2D eigenvalue weighted by molar-refractivity contribution is 7.89. The van der Waals surface area contributed by atoms with Crippen molar-refractivity contribution in [3.8, 4) is 0 Å². The second-order valence-corrected chi connectivity index (χ2v) is 9.86. The SMILES string of the molecule is CC(NC(=O)CCc1ccc(S(=O)(=O)N2CCCCCC2)cc1)c1ccc(F)c(F)c1. The third-order valence-corrected chi connectivity index (χ3v) is 7.50. The van der Waals surface area contributed by atoms with E-state index in [2.05, 4.69) is 5.32 Å². The highest BCUT2D eigenvalue weighted by atomic mass is 32.2. The van der Waals surface area contributed by atoms with Crippen LogP contribution in [0.15, 0.2) is 47.4 Å². The standard InChI is InChI=1S/C23H28F2N2O3S/c1-17(19-9-12-21(24)22(25)16-19)26-23(28)13-8-18-6-10-20(11-7-18)31(29,30)27-14-4-2-3-5-15-27/h6-7,9-12,16-17H,2-5,8,13-15H2,1H3,(H,26,28). The van der Waals surface area contributed by atoms with Gasteiger partial charge in [0.05, 0.1) is 10.9 Å². The summed E-state index contributed by atoms with van der Waals surface area (Å²) in [5.74, 6) is -2.10. The van der Waals surface area contributed by atoms with Crippen LogP contribution in [0.5, 0.6) is 0 Å². The first-order chi connectivity index (χ1) is 14.8. The van der Waals surface area contributed by atoms with Crippen LogP contribution >= 0.6 is 0 Å². The molecule has 1 heterocycles. The quantitative estimate of drug-likeness (QED) is 0.683. The van der Waals surface area contributed by atoms with Crippen molar-refractivity contribution in [2.45, 2.75) is 56.4 Å². The summed E-state index contributed by atoms with van der Waals surface area (Å²) in [5.41, 5.74) is 1.33.